The summed E-state index contributed by atoms with van der Waals surface area (Å²) >= 11 is 1.98. The van der Waals surface area contributed by atoms with Gasteiger partial charge in [0.05, 0.1) is 7.11 Å². The summed E-state index contributed by atoms with van der Waals surface area (Å²) in [5, 5.41) is 7.76. The molecule has 1 fully saturated rings. The average molecular weight is 477 g/mol. The second-order valence-electron chi connectivity index (χ2n) is 6.34. The monoisotopic (exact) mass is 477 g/mol. The summed E-state index contributed by atoms with van der Waals surface area (Å²) in [6.07, 6.45) is 6.87. The smallest absolute Gasteiger partial charge is 0.191 e. The zero-order valence-corrected chi connectivity index (χ0v) is 18.9. The van der Waals surface area contributed by atoms with Gasteiger partial charge in [-0.3, -0.25) is 4.99 Å². The lowest BCUT2D eigenvalue weighted by molar-refractivity contribution is 0.409. The first-order valence-corrected chi connectivity index (χ1v) is 10.2. The Morgan fingerprint density at radius 3 is 2.80 bits per heavy atom. The van der Waals surface area contributed by atoms with Crippen LogP contribution in [0.2, 0.25) is 0 Å². The van der Waals surface area contributed by atoms with E-state index in [-0.39, 0.29) is 24.0 Å². The summed E-state index contributed by atoms with van der Waals surface area (Å²) < 4.78 is 5.46. The summed E-state index contributed by atoms with van der Waals surface area (Å²) in [7, 11) is 1.73. The van der Waals surface area contributed by atoms with Gasteiger partial charge in [-0.25, -0.2) is 0 Å². The molecule has 0 radical (unpaired) electrons. The van der Waals surface area contributed by atoms with Gasteiger partial charge in [0, 0.05) is 24.4 Å². The molecule has 142 valence electrons. The molecule has 2 unspecified atom stereocenters. The lowest BCUT2D eigenvalue weighted by Crippen LogP contribution is -2.42. The first-order valence-electron chi connectivity index (χ1n) is 8.87. The van der Waals surface area contributed by atoms with Crippen LogP contribution < -0.4 is 15.4 Å². The van der Waals surface area contributed by atoms with E-state index in [0.29, 0.717) is 6.04 Å². The van der Waals surface area contributed by atoms with E-state index in [2.05, 4.69) is 42.9 Å². The van der Waals surface area contributed by atoms with Crippen molar-refractivity contribution in [1.29, 1.82) is 0 Å². The molecule has 0 aromatic heterocycles. The summed E-state index contributed by atoms with van der Waals surface area (Å²) in [6.45, 7) is 5.87. The van der Waals surface area contributed by atoms with Crippen molar-refractivity contribution in [2.75, 3.05) is 26.5 Å². The van der Waals surface area contributed by atoms with Gasteiger partial charge >= 0.3 is 0 Å². The molecule has 1 aromatic carbocycles. The highest BCUT2D eigenvalue weighted by Crippen LogP contribution is 2.28. The SMILES string of the molecule is CCNC(=NCCc1cc(C)ccc1OC)NC1CCC(SC)C1.I. The number of nitrogens with zero attached hydrogens (tertiary/aromatic N) is 1. The number of aliphatic imine (C=N–C) groups is 1. The lowest BCUT2D eigenvalue weighted by atomic mass is 10.1. The van der Waals surface area contributed by atoms with Crippen LogP contribution >= 0.6 is 35.7 Å². The molecule has 2 N–H and O–H groups in total. The standard InChI is InChI=1S/C19H31N3OS.HI/c1-5-20-19(22-16-7-8-17(13-16)24-4)21-11-10-15-12-14(2)6-9-18(15)23-3;/h6,9,12,16-17H,5,7-8,10-11,13H2,1-4H3,(H2,20,21,22);1H. The largest absolute Gasteiger partial charge is 0.496 e. The van der Waals surface area contributed by atoms with Crippen molar-refractivity contribution in [3.05, 3.63) is 29.3 Å². The molecule has 4 nitrogen and oxygen atoms in total. The number of rotatable bonds is 7. The summed E-state index contributed by atoms with van der Waals surface area (Å²) in [5.41, 5.74) is 2.48. The fourth-order valence-corrected chi connectivity index (χ4v) is 3.99. The number of ether oxygens (including phenoxy) is 1. The minimum Gasteiger partial charge on any atom is -0.496 e. The predicted molar refractivity (Wildman–Crippen MR) is 121 cm³/mol. The average Bonchev–Trinajstić information content (AvgIpc) is 3.03. The Morgan fingerprint density at radius 1 is 1.36 bits per heavy atom. The molecule has 0 spiro atoms. The van der Waals surface area contributed by atoms with Crippen molar-refractivity contribution in [2.45, 2.75) is 50.8 Å². The number of guanidine groups is 1. The number of thioether (sulfide) groups is 1. The third-order valence-electron chi connectivity index (χ3n) is 4.49. The van der Waals surface area contributed by atoms with Crippen LogP contribution in [0.4, 0.5) is 0 Å². The first kappa shape index (κ1) is 22.4. The third kappa shape index (κ3) is 7.25. The molecule has 25 heavy (non-hydrogen) atoms. The van der Waals surface area contributed by atoms with Crippen molar-refractivity contribution in [2.24, 2.45) is 4.99 Å². The molecule has 1 aromatic rings. The van der Waals surface area contributed by atoms with Crippen molar-refractivity contribution in [3.8, 4) is 5.75 Å². The molecular formula is C19H32IN3OS. The van der Waals surface area contributed by atoms with Gasteiger partial charge in [0.1, 0.15) is 5.75 Å². The van der Waals surface area contributed by atoms with E-state index in [0.717, 1.165) is 36.5 Å². The van der Waals surface area contributed by atoms with Crippen LogP contribution in [0.25, 0.3) is 0 Å². The highest BCUT2D eigenvalue weighted by atomic mass is 127. The van der Waals surface area contributed by atoms with E-state index in [1.54, 1.807) is 7.11 Å². The Kier molecular flexibility index (Phi) is 10.7. The van der Waals surface area contributed by atoms with Gasteiger partial charge in [0.25, 0.3) is 0 Å². The van der Waals surface area contributed by atoms with E-state index < -0.39 is 0 Å². The van der Waals surface area contributed by atoms with Crippen LogP contribution in [0.15, 0.2) is 23.2 Å². The Labute approximate surface area is 174 Å². The molecule has 0 amide bonds. The number of halogens is 1. The second kappa shape index (κ2) is 11.9. The molecule has 6 heteroatoms. The van der Waals surface area contributed by atoms with Crippen LogP contribution in [0.5, 0.6) is 5.75 Å². The molecule has 1 aliphatic carbocycles. The molecule has 0 heterocycles. The second-order valence-corrected chi connectivity index (χ2v) is 7.48. The first-order chi connectivity index (χ1) is 11.7. The molecular weight excluding hydrogens is 445 g/mol. The maximum absolute atomic E-state index is 5.46. The summed E-state index contributed by atoms with van der Waals surface area (Å²) in [4.78, 5) is 4.76. The quantitative estimate of drug-likeness (QED) is 0.354. The van der Waals surface area contributed by atoms with E-state index in [9.17, 15) is 0 Å². The van der Waals surface area contributed by atoms with E-state index >= 15 is 0 Å². The van der Waals surface area contributed by atoms with Gasteiger partial charge in [-0.15, -0.1) is 24.0 Å². The highest BCUT2D eigenvalue weighted by molar-refractivity contribution is 14.0. The van der Waals surface area contributed by atoms with E-state index in [1.807, 2.05) is 17.8 Å². The lowest BCUT2D eigenvalue weighted by Gasteiger charge is -2.17. The van der Waals surface area contributed by atoms with Crippen LogP contribution in [0.1, 0.15) is 37.3 Å². The number of aryl methyl sites for hydroxylation is 1. The molecule has 0 saturated heterocycles. The minimum atomic E-state index is 0. The molecule has 2 rings (SSSR count). The summed E-state index contributed by atoms with van der Waals surface area (Å²) in [6, 6.07) is 6.86. The number of benzene rings is 1. The number of methoxy groups -OCH3 is 1. The fraction of sp³-hybridized carbons (Fsp3) is 0.632. The van der Waals surface area contributed by atoms with Crippen molar-refractivity contribution >= 4 is 41.7 Å². The van der Waals surface area contributed by atoms with Crippen molar-refractivity contribution in [1.82, 2.24) is 10.6 Å². The predicted octanol–water partition coefficient (Wildman–Crippen LogP) is 4.00. The van der Waals surface area contributed by atoms with Crippen LogP contribution in [0.3, 0.4) is 0 Å². The molecule has 0 aliphatic heterocycles. The Hall–Kier alpha value is -0.630. The van der Waals surface area contributed by atoms with Crippen LogP contribution in [-0.2, 0) is 6.42 Å². The summed E-state index contributed by atoms with van der Waals surface area (Å²) in [5.74, 6) is 1.89. The molecule has 2 atom stereocenters. The molecule has 1 aliphatic rings. The number of nitrogens with one attached hydrogen (secondary N) is 2. The maximum atomic E-state index is 5.46. The topological polar surface area (TPSA) is 45.7 Å². The van der Waals surface area contributed by atoms with E-state index in [1.165, 1.54) is 30.4 Å². The normalized spacial score (nSPS) is 20.1. The van der Waals surface area contributed by atoms with Gasteiger partial charge < -0.3 is 15.4 Å². The van der Waals surface area contributed by atoms with Crippen LogP contribution in [0, 0.1) is 6.92 Å². The number of hydrogen-bond acceptors (Lipinski definition) is 3. The third-order valence-corrected chi connectivity index (χ3v) is 5.58. The van der Waals surface area contributed by atoms with Gasteiger partial charge in [-0.1, -0.05) is 17.7 Å². The Morgan fingerprint density at radius 2 is 2.16 bits per heavy atom. The Balaban J connectivity index is 0.00000312. The van der Waals surface area contributed by atoms with Gasteiger partial charge in [0.2, 0.25) is 0 Å². The van der Waals surface area contributed by atoms with Crippen LogP contribution in [-0.4, -0.2) is 43.7 Å². The van der Waals surface area contributed by atoms with Crippen molar-refractivity contribution in [3.63, 3.8) is 0 Å². The molecule has 1 saturated carbocycles. The fourth-order valence-electron chi connectivity index (χ4n) is 3.19. The van der Waals surface area contributed by atoms with E-state index in [4.69, 9.17) is 9.73 Å². The van der Waals surface area contributed by atoms with Gasteiger partial charge in [-0.2, -0.15) is 11.8 Å². The minimum absolute atomic E-state index is 0. The number of hydrogen-bond donors (Lipinski definition) is 2. The molecule has 0 bridgehead atoms. The van der Waals surface area contributed by atoms with Gasteiger partial charge in [0.15, 0.2) is 5.96 Å². The Bertz CT molecular complexity index is 553. The maximum Gasteiger partial charge on any atom is 0.191 e. The zero-order valence-electron chi connectivity index (χ0n) is 15.8. The zero-order chi connectivity index (χ0) is 17.4. The van der Waals surface area contributed by atoms with Gasteiger partial charge in [-0.05, 0) is 57.4 Å². The highest BCUT2D eigenvalue weighted by Gasteiger charge is 2.24. The van der Waals surface area contributed by atoms with Crippen molar-refractivity contribution < 1.29 is 4.74 Å².